The minimum atomic E-state index is 0.211. The molecule has 0 N–H and O–H groups in total. The summed E-state index contributed by atoms with van der Waals surface area (Å²) in [6.45, 7) is 3.71. The molecule has 1 aromatic heterocycles. The summed E-state index contributed by atoms with van der Waals surface area (Å²) in [5.74, 6) is 0.211. The molecule has 0 aliphatic rings. The van der Waals surface area contributed by atoms with Gasteiger partial charge in [-0.05, 0) is 31.0 Å². The first-order valence-electron chi connectivity index (χ1n) is 5.12. The van der Waals surface area contributed by atoms with Crippen LogP contribution in [-0.4, -0.2) is 10.4 Å². The molecule has 1 heterocycles. The number of aromatic nitrogens is 1. The van der Waals surface area contributed by atoms with Crippen molar-refractivity contribution < 1.29 is 4.79 Å². The number of aryl methyl sites for hydroxylation is 2. The van der Waals surface area contributed by atoms with Crippen LogP contribution in [0, 0.1) is 6.92 Å². The molecule has 0 radical (unpaired) electrons. The number of hydrogen-bond acceptors (Lipinski definition) is 1. The Kier molecular flexibility index (Phi) is 2.35. The number of carbonyl (C=O) groups excluding carboxylic acids is 1. The summed E-state index contributed by atoms with van der Waals surface area (Å²) in [5, 5.41) is 1.19. The smallest absolute Gasteiger partial charge is 0.134 e. The van der Waals surface area contributed by atoms with Gasteiger partial charge in [-0.3, -0.25) is 4.79 Å². The zero-order valence-corrected chi connectivity index (χ0v) is 9.37. The van der Waals surface area contributed by atoms with Gasteiger partial charge in [-0.1, -0.05) is 12.1 Å². The lowest BCUT2D eigenvalue weighted by Gasteiger charge is -1.97. The molecule has 0 unspecified atom stereocenters. The van der Waals surface area contributed by atoms with E-state index in [1.807, 2.05) is 13.2 Å². The topological polar surface area (TPSA) is 22.0 Å². The second-order valence-electron chi connectivity index (χ2n) is 4.16. The van der Waals surface area contributed by atoms with E-state index in [0.29, 0.717) is 6.42 Å². The SMILES string of the molecule is CC(=O)Cc1cn(C)c2cc(C)ccc12. The van der Waals surface area contributed by atoms with Crippen LogP contribution in [0.25, 0.3) is 10.9 Å². The van der Waals surface area contributed by atoms with Gasteiger partial charge in [-0.15, -0.1) is 0 Å². The zero-order valence-electron chi connectivity index (χ0n) is 9.37. The van der Waals surface area contributed by atoms with Crippen molar-refractivity contribution in [2.24, 2.45) is 7.05 Å². The highest BCUT2D eigenvalue weighted by atomic mass is 16.1. The maximum atomic E-state index is 11.1. The van der Waals surface area contributed by atoms with Gasteiger partial charge in [0.05, 0.1) is 0 Å². The summed E-state index contributed by atoms with van der Waals surface area (Å²) in [7, 11) is 2.02. The van der Waals surface area contributed by atoms with Crippen molar-refractivity contribution in [1.29, 1.82) is 0 Å². The van der Waals surface area contributed by atoms with E-state index in [2.05, 4.69) is 29.7 Å². The molecule has 0 saturated heterocycles. The number of Topliss-reactive ketones (excluding diaryl/α,β-unsaturated/α-hetero) is 1. The third-order valence-corrected chi connectivity index (χ3v) is 2.67. The third kappa shape index (κ3) is 1.80. The van der Waals surface area contributed by atoms with E-state index in [1.165, 1.54) is 16.5 Å². The molecule has 2 nitrogen and oxygen atoms in total. The third-order valence-electron chi connectivity index (χ3n) is 2.67. The van der Waals surface area contributed by atoms with E-state index in [4.69, 9.17) is 0 Å². The Hall–Kier alpha value is -1.57. The molecule has 2 heteroatoms. The van der Waals surface area contributed by atoms with Crippen molar-refractivity contribution in [3.05, 3.63) is 35.5 Å². The summed E-state index contributed by atoms with van der Waals surface area (Å²) < 4.78 is 2.08. The van der Waals surface area contributed by atoms with E-state index < -0.39 is 0 Å². The number of benzene rings is 1. The fourth-order valence-electron chi connectivity index (χ4n) is 1.99. The van der Waals surface area contributed by atoms with E-state index in [9.17, 15) is 4.79 Å². The summed E-state index contributed by atoms with van der Waals surface area (Å²) in [6.07, 6.45) is 2.58. The molecule has 0 atom stereocenters. The number of rotatable bonds is 2. The largest absolute Gasteiger partial charge is 0.350 e. The van der Waals surface area contributed by atoms with Crippen LogP contribution in [-0.2, 0) is 18.3 Å². The van der Waals surface area contributed by atoms with Gasteiger partial charge >= 0.3 is 0 Å². The van der Waals surface area contributed by atoms with Gasteiger partial charge in [0.25, 0.3) is 0 Å². The van der Waals surface area contributed by atoms with E-state index in [0.717, 1.165) is 5.56 Å². The van der Waals surface area contributed by atoms with Crippen molar-refractivity contribution in [1.82, 2.24) is 4.57 Å². The number of hydrogen-bond donors (Lipinski definition) is 0. The number of ketones is 1. The Morgan fingerprint density at radius 1 is 1.40 bits per heavy atom. The van der Waals surface area contributed by atoms with E-state index in [-0.39, 0.29) is 5.78 Å². The highest BCUT2D eigenvalue weighted by Gasteiger charge is 2.07. The molecule has 0 spiro atoms. The molecule has 0 aliphatic carbocycles. The lowest BCUT2D eigenvalue weighted by molar-refractivity contribution is -0.116. The van der Waals surface area contributed by atoms with Crippen molar-refractivity contribution in [3.8, 4) is 0 Å². The van der Waals surface area contributed by atoms with Crippen LogP contribution < -0.4 is 0 Å². The molecular formula is C13H15NO. The monoisotopic (exact) mass is 201 g/mol. The van der Waals surface area contributed by atoms with Crippen LogP contribution in [0.4, 0.5) is 0 Å². The van der Waals surface area contributed by atoms with Crippen LogP contribution in [0.5, 0.6) is 0 Å². The van der Waals surface area contributed by atoms with Crippen molar-refractivity contribution >= 4 is 16.7 Å². The number of nitrogens with zero attached hydrogens (tertiary/aromatic N) is 1. The highest BCUT2D eigenvalue weighted by Crippen LogP contribution is 2.22. The summed E-state index contributed by atoms with van der Waals surface area (Å²) in [6, 6.07) is 6.34. The Labute approximate surface area is 89.5 Å². The second kappa shape index (κ2) is 3.54. The van der Waals surface area contributed by atoms with Crippen molar-refractivity contribution in [2.45, 2.75) is 20.3 Å². The maximum Gasteiger partial charge on any atom is 0.134 e. The molecule has 78 valence electrons. The Balaban J connectivity index is 2.62. The molecular weight excluding hydrogens is 186 g/mol. The van der Waals surface area contributed by atoms with E-state index in [1.54, 1.807) is 6.92 Å². The van der Waals surface area contributed by atoms with Crippen LogP contribution in [0.2, 0.25) is 0 Å². The Bertz CT molecular complexity index is 523. The average Bonchev–Trinajstić information content (AvgIpc) is 2.42. The number of fused-ring (bicyclic) bond motifs is 1. The predicted octanol–water partition coefficient (Wildman–Crippen LogP) is 2.62. The lowest BCUT2D eigenvalue weighted by Crippen LogP contribution is -1.94. The molecule has 0 bridgehead atoms. The van der Waals surface area contributed by atoms with Crippen molar-refractivity contribution in [3.63, 3.8) is 0 Å². The first kappa shape index (κ1) is 9.97. The minimum Gasteiger partial charge on any atom is -0.350 e. The van der Waals surface area contributed by atoms with Gasteiger partial charge in [0.1, 0.15) is 5.78 Å². The first-order valence-corrected chi connectivity index (χ1v) is 5.12. The molecule has 0 fully saturated rings. The number of carbonyl (C=O) groups is 1. The van der Waals surface area contributed by atoms with Crippen LogP contribution in [0.3, 0.4) is 0 Å². The summed E-state index contributed by atoms with van der Waals surface area (Å²) in [4.78, 5) is 11.1. The molecule has 2 rings (SSSR count). The zero-order chi connectivity index (χ0) is 11.0. The maximum absolute atomic E-state index is 11.1. The van der Waals surface area contributed by atoms with Gasteiger partial charge in [0.15, 0.2) is 0 Å². The van der Waals surface area contributed by atoms with Gasteiger partial charge in [0, 0.05) is 30.6 Å². The standard InChI is InChI=1S/C13H15NO/c1-9-4-5-12-11(7-10(2)15)8-14(3)13(12)6-9/h4-6,8H,7H2,1-3H3. The van der Waals surface area contributed by atoms with Crippen LogP contribution in [0.15, 0.2) is 24.4 Å². The summed E-state index contributed by atoms with van der Waals surface area (Å²) in [5.41, 5.74) is 3.57. The van der Waals surface area contributed by atoms with Crippen LogP contribution >= 0.6 is 0 Å². The van der Waals surface area contributed by atoms with Gasteiger partial charge in [0.2, 0.25) is 0 Å². The highest BCUT2D eigenvalue weighted by molar-refractivity contribution is 5.89. The van der Waals surface area contributed by atoms with E-state index >= 15 is 0 Å². The molecule has 0 aliphatic heterocycles. The Morgan fingerprint density at radius 3 is 2.80 bits per heavy atom. The van der Waals surface area contributed by atoms with Gasteiger partial charge in [-0.25, -0.2) is 0 Å². The quantitative estimate of drug-likeness (QED) is 0.732. The molecule has 0 saturated carbocycles. The Morgan fingerprint density at radius 2 is 2.13 bits per heavy atom. The molecule has 0 amide bonds. The fourth-order valence-corrected chi connectivity index (χ4v) is 1.99. The minimum absolute atomic E-state index is 0.211. The van der Waals surface area contributed by atoms with Crippen molar-refractivity contribution in [2.75, 3.05) is 0 Å². The van der Waals surface area contributed by atoms with Crippen LogP contribution in [0.1, 0.15) is 18.1 Å². The second-order valence-corrected chi connectivity index (χ2v) is 4.16. The average molecular weight is 201 g/mol. The lowest BCUT2D eigenvalue weighted by atomic mass is 10.1. The normalized spacial score (nSPS) is 10.9. The van der Waals surface area contributed by atoms with Gasteiger partial charge < -0.3 is 4.57 Å². The summed E-state index contributed by atoms with van der Waals surface area (Å²) >= 11 is 0. The predicted molar refractivity (Wildman–Crippen MR) is 62.0 cm³/mol. The molecule has 2 aromatic rings. The molecule has 15 heavy (non-hydrogen) atoms. The first-order chi connectivity index (χ1) is 7.08. The molecule has 1 aromatic carbocycles. The fraction of sp³-hybridized carbons (Fsp3) is 0.308. The van der Waals surface area contributed by atoms with Gasteiger partial charge in [-0.2, -0.15) is 0 Å².